The smallest absolute Gasteiger partial charge is 0.261 e. The highest BCUT2D eigenvalue weighted by molar-refractivity contribution is 6.38. The molecule has 1 aromatic heterocycles. The molecule has 1 heterocycles. The Hall–Kier alpha value is -1.99. The molecule has 0 fully saturated rings. The van der Waals surface area contributed by atoms with Gasteiger partial charge in [-0.15, -0.1) is 0 Å². The minimum atomic E-state index is -1.17. The van der Waals surface area contributed by atoms with Crippen molar-refractivity contribution >= 4 is 40.5 Å². The van der Waals surface area contributed by atoms with Crippen molar-refractivity contribution in [3.8, 4) is 0 Å². The monoisotopic (exact) mass is 318 g/mol. The zero-order valence-corrected chi connectivity index (χ0v) is 11.1. The van der Waals surface area contributed by atoms with E-state index in [9.17, 15) is 13.6 Å². The molecule has 2 aromatic rings. The number of hydrogen-bond acceptors (Lipinski definition) is 4. The predicted molar refractivity (Wildman–Crippen MR) is 70.8 cm³/mol. The van der Waals surface area contributed by atoms with Gasteiger partial charge in [0.25, 0.3) is 5.91 Å². The number of hydrogen-bond donors (Lipinski definition) is 2. The topological polar surface area (TPSA) is 80.9 Å². The molecule has 0 spiro atoms. The Morgan fingerprint density at radius 3 is 2.40 bits per heavy atom. The highest BCUT2D eigenvalue weighted by atomic mass is 35.5. The quantitative estimate of drug-likeness (QED) is 0.659. The largest absolute Gasteiger partial charge is 0.396 e. The fraction of sp³-hybridized carbons (Fsp3) is 0. The summed E-state index contributed by atoms with van der Waals surface area (Å²) < 4.78 is 27.2. The zero-order chi connectivity index (χ0) is 14.9. The number of nitrogens with two attached hydrogens (primary N) is 1. The number of aromatic nitrogens is 2. The Balaban J connectivity index is 2.41. The maximum Gasteiger partial charge on any atom is 0.261 e. The fourth-order valence-electron chi connectivity index (χ4n) is 1.40. The highest BCUT2D eigenvalue weighted by Crippen LogP contribution is 2.27. The molecule has 0 saturated heterocycles. The van der Waals surface area contributed by atoms with E-state index >= 15 is 0 Å². The van der Waals surface area contributed by atoms with Crippen molar-refractivity contribution in [3.05, 3.63) is 46.0 Å². The normalized spacial score (nSPS) is 10.4. The van der Waals surface area contributed by atoms with Crippen molar-refractivity contribution in [1.29, 1.82) is 0 Å². The Morgan fingerprint density at radius 1 is 1.20 bits per heavy atom. The van der Waals surface area contributed by atoms with Gasteiger partial charge in [0.15, 0.2) is 16.1 Å². The molecule has 0 bridgehead atoms. The lowest BCUT2D eigenvalue weighted by Gasteiger charge is -2.09. The Morgan fingerprint density at radius 2 is 1.80 bits per heavy atom. The summed E-state index contributed by atoms with van der Waals surface area (Å²) in [5, 5.41) is 1.81. The van der Waals surface area contributed by atoms with Crippen LogP contribution in [0.3, 0.4) is 0 Å². The van der Waals surface area contributed by atoms with Gasteiger partial charge in [0.1, 0.15) is 23.4 Å². The highest BCUT2D eigenvalue weighted by Gasteiger charge is 2.21. The van der Waals surface area contributed by atoms with Crippen molar-refractivity contribution < 1.29 is 13.6 Å². The lowest BCUT2D eigenvalue weighted by molar-refractivity contribution is 0.101. The summed E-state index contributed by atoms with van der Waals surface area (Å²) >= 11 is 11.4. The lowest BCUT2D eigenvalue weighted by Crippen LogP contribution is -2.17. The second kappa shape index (κ2) is 5.56. The number of nitrogens with zero attached hydrogens (tertiary/aromatic N) is 2. The number of anilines is 2. The molecule has 9 heteroatoms. The third kappa shape index (κ3) is 2.63. The van der Waals surface area contributed by atoms with E-state index in [1.54, 1.807) is 0 Å². The van der Waals surface area contributed by atoms with Crippen LogP contribution in [0.15, 0.2) is 18.5 Å². The van der Waals surface area contributed by atoms with E-state index in [1.165, 1.54) is 0 Å². The maximum atomic E-state index is 13.7. The van der Waals surface area contributed by atoms with Crippen molar-refractivity contribution in [2.24, 2.45) is 0 Å². The van der Waals surface area contributed by atoms with Gasteiger partial charge in [0, 0.05) is 0 Å². The molecule has 2 rings (SSSR count). The minimum Gasteiger partial charge on any atom is -0.396 e. The standard InChI is InChI=1S/C11H6Cl2F2N4O/c12-9-8(10(13)18-3-17-9)19-11(20)6-4(14)1-2-5(16)7(6)15/h1-3H,16H2,(H,19,20). The van der Waals surface area contributed by atoms with Crippen LogP contribution in [-0.2, 0) is 0 Å². The van der Waals surface area contributed by atoms with Gasteiger partial charge >= 0.3 is 0 Å². The number of nitrogen functional groups attached to an aromatic ring is 1. The molecular formula is C11H6Cl2F2N4O. The molecule has 20 heavy (non-hydrogen) atoms. The summed E-state index contributed by atoms with van der Waals surface area (Å²) in [5.74, 6) is -3.35. The molecule has 3 N–H and O–H groups in total. The maximum absolute atomic E-state index is 13.7. The van der Waals surface area contributed by atoms with E-state index in [1.807, 2.05) is 0 Å². The van der Waals surface area contributed by atoms with E-state index in [4.69, 9.17) is 28.9 Å². The van der Waals surface area contributed by atoms with E-state index in [2.05, 4.69) is 15.3 Å². The average Bonchev–Trinajstić information content (AvgIpc) is 2.39. The third-order valence-electron chi connectivity index (χ3n) is 2.34. The van der Waals surface area contributed by atoms with E-state index in [0.29, 0.717) is 0 Å². The Bertz CT molecular complexity index is 676. The number of benzene rings is 1. The first kappa shape index (κ1) is 14.4. The van der Waals surface area contributed by atoms with Gasteiger partial charge < -0.3 is 11.1 Å². The molecule has 0 aliphatic carbocycles. The summed E-state index contributed by atoms with van der Waals surface area (Å²) in [4.78, 5) is 19.1. The van der Waals surface area contributed by atoms with Gasteiger partial charge in [-0.3, -0.25) is 4.79 Å². The van der Waals surface area contributed by atoms with E-state index in [-0.39, 0.29) is 21.7 Å². The number of nitrogens with one attached hydrogen (secondary N) is 1. The Labute approximate surface area is 121 Å². The molecule has 0 aliphatic rings. The van der Waals surface area contributed by atoms with Gasteiger partial charge in [-0.1, -0.05) is 23.2 Å². The molecule has 0 saturated carbocycles. The van der Waals surface area contributed by atoms with Crippen LogP contribution in [0.4, 0.5) is 20.2 Å². The van der Waals surface area contributed by atoms with E-state index in [0.717, 1.165) is 18.5 Å². The first-order valence-corrected chi connectivity index (χ1v) is 5.88. The third-order valence-corrected chi connectivity index (χ3v) is 2.91. The lowest BCUT2D eigenvalue weighted by atomic mass is 10.1. The van der Waals surface area contributed by atoms with Crippen molar-refractivity contribution in [3.63, 3.8) is 0 Å². The molecule has 0 aliphatic heterocycles. The number of carbonyl (C=O) groups is 1. The van der Waals surface area contributed by atoms with Crippen molar-refractivity contribution in [1.82, 2.24) is 9.97 Å². The molecule has 0 atom stereocenters. The first-order chi connectivity index (χ1) is 9.41. The van der Waals surface area contributed by atoms with Crippen LogP contribution in [0.1, 0.15) is 10.4 Å². The van der Waals surface area contributed by atoms with E-state index < -0.39 is 23.1 Å². The summed E-state index contributed by atoms with van der Waals surface area (Å²) in [7, 11) is 0. The predicted octanol–water partition coefficient (Wildman–Crippen LogP) is 2.90. The van der Waals surface area contributed by atoms with Crippen LogP contribution in [0.2, 0.25) is 10.3 Å². The molecule has 104 valence electrons. The number of carbonyl (C=O) groups excluding carboxylic acids is 1. The van der Waals surface area contributed by atoms with Gasteiger partial charge in [-0.25, -0.2) is 18.7 Å². The molecule has 0 radical (unpaired) electrons. The first-order valence-electron chi connectivity index (χ1n) is 5.12. The van der Waals surface area contributed by atoms with Crippen LogP contribution >= 0.6 is 23.2 Å². The molecule has 1 amide bonds. The van der Waals surface area contributed by atoms with Crippen LogP contribution < -0.4 is 11.1 Å². The van der Waals surface area contributed by atoms with Gasteiger partial charge in [-0.2, -0.15) is 0 Å². The summed E-state index contributed by atoms with van der Waals surface area (Å²) in [5.41, 5.74) is 3.92. The summed E-state index contributed by atoms with van der Waals surface area (Å²) in [6.07, 6.45) is 1.07. The Kier molecular flexibility index (Phi) is 4.01. The average molecular weight is 319 g/mol. The number of rotatable bonds is 2. The van der Waals surface area contributed by atoms with Crippen LogP contribution in [-0.4, -0.2) is 15.9 Å². The van der Waals surface area contributed by atoms with Crippen LogP contribution in [0.25, 0.3) is 0 Å². The van der Waals surface area contributed by atoms with Gasteiger partial charge in [-0.05, 0) is 12.1 Å². The molecule has 0 unspecified atom stereocenters. The fourth-order valence-corrected chi connectivity index (χ4v) is 1.81. The molecule has 1 aromatic carbocycles. The van der Waals surface area contributed by atoms with Gasteiger partial charge in [0.05, 0.1) is 5.69 Å². The second-order valence-corrected chi connectivity index (χ2v) is 4.33. The number of amides is 1. The molecular weight excluding hydrogens is 313 g/mol. The van der Waals surface area contributed by atoms with Crippen LogP contribution in [0, 0.1) is 11.6 Å². The molecule has 5 nitrogen and oxygen atoms in total. The SMILES string of the molecule is Nc1ccc(F)c(C(=O)Nc2c(Cl)ncnc2Cl)c1F. The minimum absolute atomic E-state index is 0.151. The summed E-state index contributed by atoms with van der Waals surface area (Å²) in [6, 6.07) is 1.88. The second-order valence-electron chi connectivity index (χ2n) is 3.61. The van der Waals surface area contributed by atoms with Gasteiger partial charge in [0.2, 0.25) is 0 Å². The van der Waals surface area contributed by atoms with Crippen molar-refractivity contribution in [2.45, 2.75) is 0 Å². The van der Waals surface area contributed by atoms with Crippen molar-refractivity contribution in [2.75, 3.05) is 11.1 Å². The summed E-state index contributed by atoms with van der Waals surface area (Å²) in [6.45, 7) is 0. The number of halogens is 4. The zero-order valence-electron chi connectivity index (χ0n) is 9.62. The van der Waals surface area contributed by atoms with Crippen LogP contribution in [0.5, 0.6) is 0 Å².